The highest BCUT2D eigenvalue weighted by atomic mass is 35.5. The molecule has 0 N–H and O–H groups in total. The van der Waals surface area contributed by atoms with Gasteiger partial charge in [0.2, 0.25) is 5.91 Å². The first-order chi connectivity index (χ1) is 19.8. The third-order valence-corrected chi connectivity index (χ3v) is 10.6. The summed E-state index contributed by atoms with van der Waals surface area (Å²) < 4.78 is 7.35. The van der Waals surface area contributed by atoms with Crippen molar-refractivity contribution in [3.63, 3.8) is 0 Å². The van der Waals surface area contributed by atoms with Crippen molar-refractivity contribution in [3.8, 4) is 5.00 Å². The molecule has 0 bridgehead atoms. The minimum absolute atomic E-state index is 0.112. The maximum Gasteiger partial charge on any atom is 0.409 e. The van der Waals surface area contributed by atoms with Crippen LogP contribution in [0.2, 0.25) is 5.02 Å². The largest absolute Gasteiger partial charge is 0.450 e. The Morgan fingerprint density at radius 2 is 1.93 bits per heavy atom. The molecule has 11 heteroatoms. The Balaban J connectivity index is 1.19. The first kappa shape index (κ1) is 26.6. The Kier molecular flexibility index (Phi) is 6.46. The Morgan fingerprint density at radius 1 is 1.17 bits per heavy atom. The van der Waals surface area contributed by atoms with Crippen molar-refractivity contribution < 1.29 is 14.3 Å². The molecular formula is C30H33ClN6O3S. The molecule has 2 aliphatic carbocycles. The fourth-order valence-electron chi connectivity index (χ4n) is 6.64. The molecule has 1 saturated carbocycles. The number of ether oxygens (including phenoxy) is 1. The average molecular weight is 593 g/mol. The minimum Gasteiger partial charge on any atom is -0.450 e. The van der Waals surface area contributed by atoms with Gasteiger partial charge in [0.15, 0.2) is 5.82 Å². The number of fused-ring (bicyclic) bond motifs is 6. The maximum absolute atomic E-state index is 13.8. The summed E-state index contributed by atoms with van der Waals surface area (Å²) in [6.07, 6.45) is 4.47. The number of hydrogen-bond donors (Lipinski definition) is 0. The lowest BCUT2D eigenvalue weighted by Gasteiger charge is -2.37. The van der Waals surface area contributed by atoms with Gasteiger partial charge in [-0.3, -0.25) is 14.4 Å². The predicted molar refractivity (Wildman–Crippen MR) is 157 cm³/mol. The summed E-state index contributed by atoms with van der Waals surface area (Å²) >= 11 is 8.51. The van der Waals surface area contributed by atoms with Crippen molar-refractivity contribution in [3.05, 3.63) is 62.5 Å². The molecule has 2 amide bonds. The van der Waals surface area contributed by atoms with Crippen molar-refractivity contribution in [1.29, 1.82) is 0 Å². The lowest BCUT2D eigenvalue weighted by molar-refractivity contribution is -0.136. The second kappa shape index (κ2) is 9.94. The highest BCUT2D eigenvalue weighted by Crippen LogP contribution is 2.54. The molecule has 1 aromatic carbocycles. The van der Waals surface area contributed by atoms with Crippen LogP contribution < -0.4 is 0 Å². The van der Waals surface area contributed by atoms with Crippen molar-refractivity contribution in [2.75, 3.05) is 26.7 Å². The Morgan fingerprint density at radius 3 is 2.63 bits per heavy atom. The fraction of sp³-hybridized carbons (Fsp3) is 0.500. The number of benzene rings is 1. The van der Waals surface area contributed by atoms with Crippen molar-refractivity contribution in [2.24, 2.45) is 10.9 Å². The lowest BCUT2D eigenvalue weighted by Crippen LogP contribution is -2.48. The van der Waals surface area contributed by atoms with E-state index in [1.807, 2.05) is 50.1 Å². The van der Waals surface area contributed by atoms with Crippen LogP contribution in [0.15, 0.2) is 29.3 Å². The molecule has 9 nitrogen and oxygen atoms in total. The van der Waals surface area contributed by atoms with Gasteiger partial charge in [-0.1, -0.05) is 29.8 Å². The highest BCUT2D eigenvalue weighted by Gasteiger charge is 2.52. The first-order valence-electron chi connectivity index (χ1n) is 14.4. The zero-order chi connectivity index (χ0) is 28.5. The van der Waals surface area contributed by atoms with Crippen LogP contribution >= 0.6 is 22.9 Å². The lowest BCUT2D eigenvalue weighted by atomic mass is 9.96. The number of rotatable bonds is 4. The van der Waals surface area contributed by atoms with Crippen LogP contribution in [0.4, 0.5) is 4.79 Å². The third-order valence-electron chi connectivity index (χ3n) is 9.05. The summed E-state index contributed by atoms with van der Waals surface area (Å²) in [6, 6.07) is 8.01. The summed E-state index contributed by atoms with van der Waals surface area (Å²) in [5.41, 5.74) is 3.71. The molecule has 2 fully saturated rings. The van der Waals surface area contributed by atoms with E-state index >= 15 is 0 Å². The molecule has 0 radical (unpaired) electrons. The SMILES string of the molecule is CCOC(=O)N1CCC(N(C)C(=O)[C@@H]2Cc3sc4c(c3C2)C(c2ccccc2Cl)=NC2(CC2)c2nnc(C)n2-4)CC1. The van der Waals surface area contributed by atoms with Crippen molar-refractivity contribution in [1.82, 2.24) is 24.6 Å². The van der Waals surface area contributed by atoms with E-state index < -0.39 is 0 Å². The number of aliphatic imine (C=N–C) groups is 1. The van der Waals surface area contributed by atoms with Gasteiger partial charge < -0.3 is 14.5 Å². The summed E-state index contributed by atoms with van der Waals surface area (Å²) in [5, 5.41) is 10.8. The van der Waals surface area contributed by atoms with Crippen LogP contribution in [0.1, 0.15) is 65.8 Å². The topological polar surface area (TPSA) is 92.9 Å². The molecule has 1 atom stereocenters. The predicted octanol–water partition coefficient (Wildman–Crippen LogP) is 4.92. The summed E-state index contributed by atoms with van der Waals surface area (Å²) in [7, 11) is 1.92. The standard InChI is InChI=1S/C30H33ClN6O3S/c1-4-40-29(39)36-13-9-19(10-14-36)35(3)26(38)18-15-21-23(16-18)41-27-24(21)25(20-7-5-6-8-22(20)31)32-30(11-12-30)28-34-33-17(2)37(27)28/h5-8,18-19H,4,9-16H2,1-3H3/t18-/m0/s1. The maximum atomic E-state index is 13.8. The van der Waals surface area contributed by atoms with Gasteiger partial charge in [-0.15, -0.1) is 21.5 Å². The van der Waals surface area contributed by atoms with Gasteiger partial charge in [0.25, 0.3) is 0 Å². The van der Waals surface area contributed by atoms with Crippen molar-refractivity contribution >= 4 is 40.6 Å². The highest BCUT2D eigenvalue weighted by molar-refractivity contribution is 7.15. The minimum atomic E-state index is -0.381. The molecule has 2 aromatic heterocycles. The van der Waals surface area contributed by atoms with Gasteiger partial charge in [0, 0.05) is 53.1 Å². The van der Waals surface area contributed by atoms with Gasteiger partial charge >= 0.3 is 6.09 Å². The smallest absolute Gasteiger partial charge is 0.409 e. The first-order valence-corrected chi connectivity index (χ1v) is 15.6. The zero-order valence-electron chi connectivity index (χ0n) is 23.5. The number of carbonyl (C=O) groups is 2. The zero-order valence-corrected chi connectivity index (χ0v) is 25.1. The molecule has 3 aromatic rings. The number of aryl methyl sites for hydroxylation is 1. The number of thiophene rings is 1. The van der Waals surface area contributed by atoms with E-state index in [9.17, 15) is 9.59 Å². The van der Waals surface area contributed by atoms with E-state index in [-0.39, 0.29) is 29.5 Å². The molecule has 2 aliphatic heterocycles. The Hall–Kier alpha value is -3.24. The molecule has 41 heavy (non-hydrogen) atoms. The quantitative estimate of drug-likeness (QED) is 0.428. The van der Waals surface area contributed by atoms with Crippen molar-refractivity contribution in [2.45, 2.75) is 64.0 Å². The second-order valence-electron chi connectivity index (χ2n) is 11.5. The molecule has 4 aliphatic rings. The van der Waals surface area contributed by atoms with Crippen LogP contribution in [0.5, 0.6) is 0 Å². The number of hydrogen-bond acceptors (Lipinski definition) is 7. The van der Waals surface area contributed by atoms with Crippen LogP contribution in [-0.2, 0) is 27.9 Å². The Labute approximate surface area is 248 Å². The number of halogens is 1. The second-order valence-corrected chi connectivity index (χ2v) is 13.0. The molecule has 1 spiro atoms. The summed E-state index contributed by atoms with van der Waals surface area (Å²) in [4.78, 5) is 36.2. The van der Waals surface area contributed by atoms with Gasteiger partial charge in [0.1, 0.15) is 16.4 Å². The number of amides is 2. The normalized spacial score (nSPS) is 20.6. The van der Waals surface area contributed by atoms with Gasteiger partial charge in [-0.2, -0.15) is 0 Å². The number of aromatic nitrogens is 3. The Bertz CT molecular complexity index is 1580. The molecular weight excluding hydrogens is 560 g/mol. The van der Waals surface area contributed by atoms with E-state index in [2.05, 4.69) is 14.8 Å². The van der Waals surface area contributed by atoms with E-state index in [4.69, 9.17) is 21.3 Å². The van der Waals surface area contributed by atoms with Crippen LogP contribution in [-0.4, -0.2) is 75.1 Å². The molecule has 0 unspecified atom stereocenters. The van der Waals surface area contributed by atoms with Gasteiger partial charge in [-0.05, 0) is 64.0 Å². The van der Waals surface area contributed by atoms with Gasteiger partial charge in [0.05, 0.1) is 12.3 Å². The number of likely N-dealkylation sites (tertiary alicyclic amines) is 1. The van der Waals surface area contributed by atoms with Gasteiger partial charge in [-0.25, -0.2) is 4.79 Å². The van der Waals surface area contributed by atoms with E-state index in [0.717, 1.165) is 59.2 Å². The van der Waals surface area contributed by atoms with Crippen LogP contribution in [0.25, 0.3) is 5.00 Å². The fourth-order valence-corrected chi connectivity index (χ4v) is 8.33. The molecule has 214 valence electrons. The van der Waals surface area contributed by atoms with E-state index in [0.29, 0.717) is 37.6 Å². The van der Waals surface area contributed by atoms with E-state index in [1.165, 1.54) is 10.4 Å². The third kappa shape index (κ3) is 4.29. The van der Waals surface area contributed by atoms with Crippen LogP contribution in [0, 0.1) is 12.8 Å². The number of carbonyl (C=O) groups excluding carboxylic acids is 2. The van der Waals surface area contributed by atoms with E-state index in [1.54, 1.807) is 16.2 Å². The number of nitrogens with zero attached hydrogens (tertiary/aromatic N) is 6. The summed E-state index contributed by atoms with van der Waals surface area (Å²) in [6.45, 7) is 5.39. The molecule has 4 heterocycles. The molecule has 7 rings (SSSR count). The van der Waals surface area contributed by atoms with Crippen LogP contribution in [0.3, 0.4) is 0 Å². The molecule has 1 saturated heterocycles. The monoisotopic (exact) mass is 592 g/mol. The number of piperidine rings is 1. The average Bonchev–Trinajstić information content (AvgIpc) is 3.31. The summed E-state index contributed by atoms with van der Waals surface area (Å²) in [5.74, 6) is 1.80.